The van der Waals surface area contributed by atoms with Gasteiger partial charge in [-0.1, -0.05) is 11.6 Å². The third kappa shape index (κ3) is 5.26. The maximum absolute atomic E-state index is 12.4. The Morgan fingerprint density at radius 1 is 1.35 bits per heavy atom. The molecule has 2 aromatic rings. The molecule has 0 aliphatic rings. The summed E-state index contributed by atoms with van der Waals surface area (Å²) < 4.78 is 15.4. The Labute approximate surface area is 155 Å². The normalized spacial score (nSPS) is 10.0. The molecule has 0 atom stereocenters. The van der Waals surface area contributed by atoms with Crippen LogP contribution in [0.2, 0.25) is 5.02 Å². The lowest BCUT2D eigenvalue weighted by molar-refractivity contribution is -0.135. The summed E-state index contributed by atoms with van der Waals surface area (Å²) >= 11 is 5.89. The molecule has 0 fully saturated rings. The molecule has 1 heterocycles. The van der Waals surface area contributed by atoms with E-state index in [1.54, 1.807) is 18.2 Å². The number of hydrogen-bond acceptors (Lipinski definition) is 6. The van der Waals surface area contributed by atoms with Crippen molar-refractivity contribution in [2.75, 3.05) is 20.3 Å². The molecule has 136 valence electrons. The molecule has 0 unspecified atom stereocenters. The lowest BCUT2D eigenvalue weighted by Crippen LogP contribution is -2.35. The van der Waals surface area contributed by atoms with Gasteiger partial charge in [-0.05, 0) is 30.3 Å². The van der Waals surface area contributed by atoms with E-state index >= 15 is 0 Å². The summed E-state index contributed by atoms with van der Waals surface area (Å²) in [4.78, 5) is 26.0. The highest BCUT2D eigenvalue weighted by molar-refractivity contribution is 6.31. The summed E-state index contributed by atoms with van der Waals surface area (Å²) in [5, 5.41) is 9.10. The van der Waals surface area contributed by atoms with Gasteiger partial charge in [0.1, 0.15) is 17.1 Å². The lowest BCUT2D eigenvalue weighted by Gasteiger charge is -2.20. The van der Waals surface area contributed by atoms with Crippen LogP contribution in [-0.2, 0) is 16.1 Å². The third-order valence-corrected chi connectivity index (χ3v) is 3.72. The van der Waals surface area contributed by atoms with Gasteiger partial charge < -0.3 is 18.8 Å². The minimum atomic E-state index is -0.726. The van der Waals surface area contributed by atoms with Crippen LogP contribution in [0.1, 0.15) is 22.5 Å². The Morgan fingerprint density at radius 3 is 2.81 bits per heavy atom. The Bertz CT molecular complexity index is 798. The summed E-state index contributed by atoms with van der Waals surface area (Å²) in [7, 11) is 1.41. The highest BCUT2D eigenvalue weighted by Crippen LogP contribution is 2.23. The molecule has 8 heteroatoms. The highest BCUT2D eigenvalue weighted by Gasteiger charge is 2.20. The van der Waals surface area contributed by atoms with Crippen molar-refractivity contribution in [3.8, 4) is 11.8 Å². The lowest BCUT2D eigenvalue weighted by atomic mass is 10.2. The number of furan rings is 1. The van der Waals surface area contributed by atoms with Gasteiger partial charge in [0.2, 0.25) is 0 Å². The van der Waals surface area contributed by atoms with Gasteiger partial charge in [0.25, 0.3) is 5.91 Å². The molecule has 2 rings (SSSR count). The van der Waals surface area contributed by atoms with E-state index in [1.807, 2.05) is 6.07 Å². The number of methoxy groups -OCH3 is 1. The van der Waals surface area contributed by atoms with Gasteiger partial charge in [-0.3, -0.25) is 4.79 Å². The zero-order chi connectivity index (χ0) is 18.9. The standard InChI is InChI=1S/C18H17ClN2O5/c1-24-16-6-5-13(19)10-15(16)18(23)26-12-17(22)21(8-3-7-20)11-14-4-2-9-25-14/h2,4-6,9-10H,3,8,11-12H2,1H3. The fraction of sp³-hybridized carbons (Fsp3) is 0.278. The number of esters is 1. The largest absolute Gasteiger partial charge is 0.496 e. The van der Waals surface area contributed by atoms with Crippen molar-refractivity contribution < 1.29 is 23.5 Å². The Hall–Kier alpha value is -2.98. The average molecular weight is 377 g/mol. The van der Waals surface area contributed by atoms with Crippen molar-refractivity contribution in [3.63, 3.8) is 0 Å². The van der Waals surface area contributed by atoms with E-state index in [0.29, 0.717) is 16.5 Å². The molecule has 1 aromatic heterocycles. The fourth-order valence-electron chi connectivity index (χ4n) is 2.20. The molecular formula is C18H17ClN2O5. The van der Waals surface area contributed by atoms with E-state index in [9.17, 15) is 9.59 Å². The van der Waals surface area contributed by atoms with Gasteiger partial charge >= 0.3 is 5.97 Å². The fourth-order valence-corrected chi connectivity index (χ4v) is 2.38. The van der Waals surface area contributed by atoms with E-state index in [2.05, 4.69) is 0 Å². The van der Waals surface area contributed by atoms with Gasteiger partial charge in [0, 0.05) is 11.6 Å². The summed E-state index contributed by atoms with van der Waals surface area (Å²) in [5.41, 5.74) is 0.127. The topological polar surface area (TPSA) is 92.8 Å². The minimum Gasteiger partial charge on any atom is -0.496 e. The Morgan fingerprint density at radius 2 is 2.15 bits per heavy atom. The Kier molecular flexibility index (Phi) is 7.06. The van der Waals surface area contributed by atoms with Gasteiger partial charge in [0.05, 0.1) is 32.4 Å². The molecule has 0 N–H and O–H groups in total. The number of carbonyl (C=O) groups excluding carboxylic acids is 2. The van der Waals surface area contributed by atoms with Crippen molar-refractivity contribution >= 4 is 23.5 Å². The molecule has 0 spiro atoms. The molecule has 1 amide bonds. The van der Waals surface area contributed by atoms with Crippen molar-refractivity contribution in [2.45, 2.75) is 13.0 Å². The maximum atomic E-state index is 12.4. The second-order valence-electron chi connectivity index (χ2n) is 5.22. The van der Waals surface area contributed by atoms with Crippen molar-refractivity contribution in [1.82, 2.24) is 4.90 Å². The Balaban J connectivity index is 2.01. The summed E-state index contributed by atoms with van der Waals surface area (Å²) in [6.07, 6.45) is 1.65. The molecule has 0 saturated carbocycles. The second kappa shape index (κ2) is 9.49. The van der Waals surface area contributed by atoms with Crippen molar-refractivity contribution in [1.29, 1.82) is 5.26 Å². The third-order valence-electron chi connectivity index (χ3n) is 3.48. The van der Waals surface area contributed by atoms with Crippen LogP contribution in [-0.4, -0.2) is 37.0 Å². The summed E-state index contributed by atoms with van der Waals surface area (Å²) in [5.74, 6) is -0.301. The van der Waals surface area contributed by atoms with E-state index in [1.165, 1.54) is 30.4 Å². The molecular weight excluding hydrogens is 360 g/mol. The monoisotopic (exact) mass is 376 g/mol. The zero-order valence-electron chi connectivity index (χ0n) is 14.1. The quantitative estimate of drug-likeness (QED) is 0.657. The number of benzene rings is 1. The van der Waals surface area contributed by atoms with Gasteiger partial charge in [-0.15, -0.1) is 0 Å². The van der Waals surface area contributed by atoms with Crippen LogP contribution in [0.3, 0.4) is 0 Å². The van der Waals surface area contributed by atoms with Crippen LogP contribution in [0, 0.1) is 11.3 Å². The molecule has 0 radical (unpaired) electrons. The summed E-state index contributed by atoms with van der Waals surface area (Å²) in [6, 6.07) is 9.92. The predicted molar refractivity (Wildman–Crippen MR) is 92.6 cm³/mol. The molecule has 26 heavy (non-hydrogen) atoms. The van der Waals surface area contributed by atoms with Gasteiger partial charge in [0.15, 0.2) is 6.61 Å². The molecule has 0 saturated heterocycles. The smallest absolute Gasteiger partial charge is 0.342 e. The number of carbonyl (C=O) groups is 2. The SMILES string of the molecule is COc1ccc(Cl)cc1C(=O)OCC(=O)N(CCC#N)Cc1ccco1. The number of rotatable bonds is 8. The highest BCUT2D eigenvalue weighted by atomic mass is 35.5. The number of halogens is 1. The number of amides is 1. The second-order valence-corrected chi connectivity index (χ2v) is 5.66. The van der Waals surface area contributed by atoms with E-state index in [4.69, 9.17) is 30.8 Å². The van der Waals surface area contributed by atoms with Crippen LogP contribution < -0.4 is 4.74 Å². The van der Waals surface area contributed by atoms with Crippen LogP contribution in [0.25, 0.3) is 0 Å². The first kappa shape index (κ1) is 19.3. The zero-order valence-corrected chi connectivity index (χ0v) is 14.9. The van der Waals surface area contributed by atoms with Crippen LogP contribution in [0.15, 0.2) is 41.0 Å². The van der Waals surface area contributed by atoms with Gasteiger partial charge in [-0.2, -0.15) is 5.26 Å². The first-order valence-electron chi connectivity index (χ1n) is 7.73. The van der Waals surface area contributed by atoms with Crippen LogP contribution in [0.5, 0.6) is 5.75 Å². The van der Waals surface area contributed by atoms with E-state index in [-0.39, 0.29) is 25.1 Å². The first-order chi connectivity index (χ1) is 12.5. The first-order valence-corrected chi connectivity index (χ1v) is 8.10. The van der Waals surface area contributed by atoms with E-state index < -0.39 is 18.5 Å². The van der Waals surface area contributed by atoms with Crippen LogP contribution in [0.4, 0.5) is 0 Å². The van der Waals surface area contributed by atoms with Crippen molar-refractivity contribution in [3.05, 3.63) is 52.9 Å². The average Bonchev–Trinajstić information content (AvgIpc) is 3.15. The minimum absolute atomic E-state index is 0.127. The van der Waals surface area contributed by atoms with Crippen LogP contribution >= 0.6 is 11.6 Å². The van der Waals surface area contributed by atoms with Crippen molar-refractivity contribution in [2.24, 2.45) is 0 Å². The predicted octanol–water partition coefficient (Wildman–Crippen LogP) is 3.04. The summed E-state index contributed by atoms with van der Waals surface area (Å²) in [6.45, 7) is -0.0831. The molecule has 0 aliphatic heterocycles. The molecule has 0 bridgehead atoms. The number of ether oxygens (including phenoxy) is 2. The van der Waals surface area contributed by atoms with Gasteiger partial charge in [-0.25, -0.2) is 4.79 Å². The number of nitrogens with zero attached hydrogens (tertiary/aromatic N) is 2. The number of hydrogen-bond donors (Lipinski definition) is 0. The molecule has 1 aromatic carbocycles. The van der Waals surface area contributed by atoms with E-state index in [0.717, 1.165) is 0 Å². The molecule has 7 nitrogen and oxygen atoms in total. The maximum Gasteiger partial charge on any atom is 0.342 e. The number of nitriles is 1. The molecule has 0 aliphatic carbocycles.